The van der Waals surface area contributed by atoms with Gasteiger partial charge in [0.2, 0.25) is 0 Å². The Morgan fingerprint density at radius 1 is 1.19 bits per heavy atom. The minimum atomic E-state index is -0.484. The lowest BCUT2D eigenvalue weighted by Gasteiger charge is -2.12. The van der Waals surface area contributed by atoms with Crippen LogP contribution in [-0.2, 0) is 0 Å². The van der Waals surface area contributed by atoms with Gasteiger partial charge in [0.15, 0.2) is 0 Å². The van der Waals surface area contributed by atoms with Gasteiger partial charge in [0, 0.05) is 16.5 Å². The van der Waals surface area contributed by atoms with Gasteiger partial charge in [0.05, 0.1) is 22.8 Å². The van der Waals surface area contributed by atoms with E-state index in [4.69, 9.17) is 27.9 Å². The Morgan fingerprint density at radius 2 is 1.96 bits per heavy atom. The molecule has 0 N–H and O–H groups in total. The summed E-state index contributed by atoms with van der Waals surface area (Å²) >= 11 is 13.3. The van der Waals surface area contributed by atoms with Crippen LogP contribution in [0.4, 0.5) is 0 Å². The monoisotopic (exact) mass is 417 g/mol. The second kappa shape index (κ2) is 8.05. The number of nitriles is 1. The van der Waals surface area contributed by atoms with Gasteiger partial charge in [0.1, 0.15) is 22.4 Å². The number of benzene rings is 2. The van der Waals surface area contributed by atoms with Crippen molar-refractivity contribution in [2.24, 2.45) is 0 Å². The molecular weight excluding hydrogens is 405 g/mol. The Labute approximate surface area is 170 Å². The van der Waals surface area contributed by atoms with E-state index in [1.165, 1.54) is 23.6 Å². The third-order valence-corrected chi connectivity index (χ3v) is 5.62. The fourth-order valence-corrected chi connectivity index (χ4v) is 3.66. The van der Waals surface area contributed by atoms with Gasteiger partial charge in [-0.05, 0) is 37.3 Å². The maximum Gasteiger partial charge on any atom is 0.289 e. The number of halogens is 2. The first kappa shape index (κ1) is 19.3. The van der Waals surface area contributed by atoms with E-state index in [9.17, 15) is 10.1 Å². The molecule has 136 valence electrons. The van der Waals surface area contributed by atoms with Gasteiger partial charge in [-0.25, -0.2) is 0 Å². The Kier molecular flexibility index (Phi) is 5.76. The van der Waals surface area contributed by atoms with E-state index in [1.807, 2.05) is 6.07 Å². The average molecular weight is 418 g/mol. The molecule has 0 saturated carbocycles. The van der Waals surface area contributed by atoms with Crippen molar-refractivity contribution in [1.29, 1.82) is 5.26 Å². The molecule has 2 aromatic carbocycles. The van der Waals surface area contributed by atoms with Crippen LogP contribution >= 0.6 is 35.0 Å². The third-order valence-electron chi connectivity index (χ3n) is 3.81. The van der Waals surface area contributed by atoms with Gasteiger partial charge in [0.25, 0.3) is 5.56 Å². The molecule has 5 nitrogen and oxygen atoms in total. The first-order valence-corrected chi connectivity index (χ1v) is 9.33. The summed E-state index contributed by atoms with van der Waals surface area (Å²) in [5.74, 6) is 0.582. The smallest absolute Gasteiger partial charge is 0.289 e. The molecule has 27 heavy (non-hydrogen) atoms. The quantitative estimate of drug-likeness (QED) is 0.604. The number of rotatable bonds is 4. The molecule has 3 rings (SSSR count). The lowest BCUT2D eigenvalue weighted by molar-refractivity contribution is 0.414. The highest BCUT2D eigenvalue weighted by Crippen LogP contribution is 2.33. The molecule has 0 radical (unpaired) electrons. The Morgan fingerprint density at radius 3 is 2.63 bits per heavy atom. The lowest BCUT2D eigenvalue weighted by Crippen LogP contribution is -2.25. The summed E-state index contributed by atoms with van der Waals surface area (Å²) in [6.45, 7) is 1.70. The van der Waals surface area contributed by atoms with Crippen molar-refractivity contribution < 1.29 is 4.74 Å². The van der Waals surface area contributed by atoms with Gasteiger partial charge < -0.3 is 4.74 Å². The van der Waals surface area contributed by atoms with Crippen LogP contribution in [0.15, 0.2) is 57.2 Å². The summed E-state index contributed by atoms with van der Waals surface area (Å²) in [6, 6.07) is 14.1. The molecule has 0 saturated heterocycles. The van der Waals surface area contributed by atoms with Crippen molar-refractivity contribution in [2.75, 3.05) is 7.11 Å². The zero-order valence-corrected chi connectivity index (χ0v) is 16.7. The van der Waals surface area contributed by atoms with Crippen molar-refractivity contribution in [3.63, 3.8) is 0 Å². The Balaban J connectivity index is 2.15. The minimum Gasteiger partial charge on any atom is -0.497 e. The molecule has 0 atom stereocenters. The van der Waals surface area contributed by atoms with Gasteiger partial charge in [-0.2, -0.15) is 15.0 Å². The molecule has 0 bridgehead atoms. The summed E-state index contributed by atoms with van der Waals surface area (Å²) in [5, 5.41) is 15.3. The molecule has 0 aliphatic carbocycles. The van der Waals surface area contributed by atoms with E-state index in [0.717, 1.165) is 4.90 Å². The predicted octanol–water partition coefficient (Wildman–Crippen LogP) is 4.88. The number of nitrogens with zero attached hydrogens (tertiary/aromatic N) is 3. The molecule has 3 aromatic rings. The molecule has 0 spiro atoms. The topological polar surface area (TPSA) is 67.9 Å². The first-order chi connectivity index (χ1) is 12.9. The minimum absolute atomic E-state index is 0.0374. The van der Waals surface area contributed by atoms with Crippen molar-refractivity contribution >= 4 is 35.0 Å². The van der Waals surface area contributed by atoms with E-state index >= 15 is 0 Å². The van der Waals surface area contributed by atoms with Crippen LogP contribution < -0.4 is 10.3 Å². The zero-order valence-electron chi connectivity index (χ0n) is 14.4. The fourth-order valence-electron chi connectivity index (χ4n) is 2.38. The SMILES string of the molecule is COc1cccc(-n2nc(Sc3ccc(Cl)c(Cl)c3)c(C)c(C#N)c2=O)c1. The standard InChI is InChI=1S/C19H13Cl2N3O2S/c1-11-15(10-22)19(25)24(12-4-3-5-13(8-12)26-2)23-18(11)27-14-6-7-16(20)17(21)9-14/h3-9H,1-2H3. The highest BCUT2D eigenvalue weighted by molar-refractivity contribution is 7.99. The normalized spacial score (nSPS) is 10.5. The largest absolute Gasteiger partial charge is 0.497 e. The van der Waals surface area contributed by atoms with E-state index in [-0.39, 0.29) is 5.56 Å². The van der Waals surface area contributed by atoms with E-state index < -0.39 is 5.56 Å². The van der Waals surface area contributed by atoms with Gasteiger partial charge in [-0.15, -0.1) is 0 Å². The molecule has 0 aliphatic rings. The molecule has 0 fully saturated rings. The summed E-state index contributed by atoms with van der Waals surface area (Å²) in [6.07, 6.45) is 0. The predicted molar refractivity (Wildman–Crippen MR) is 106 cm³/mol. The summed E-state index contributed by atoms with van der Waals surface area (Å²) in [5.41, 5.74) is 0.571. The van der Waals surface area contributed by atoms with Gasteiger partial charge >= 0.3 is 0 Å². The first-order valence-electron chi connectivity index (χ1n) is 7.76. The molecule has 8 heteroatoms. The van der Waals surface area contributed by atoms with Crippen LogP contribution in [0.1, 0.15) is 11.1 Å². The van der Waals surface area contributed by atoms with Crippen LogP contribution in [0.5, 0.6) is 5.75 Å². The van der Waals surface area contributed by atoms with Crippen LogP contribution in [0, 0.1) is 18.3 Å². The van der Waals surface area contributed by atoms with Crippen LogP contribution in [-0.4, -0.2) is 16.9 Å². The number of methoxy groups -OCH3 is 1. The van der Waals surface area contributed by atoms with Crippen LogP contribution in [0.3, 0.4) is 0 Å². The van der Waals surface area contributed by atoms with Crippen LogP contribution in [0.2, 0.25) is 10.0 Å². The van der Waals surface area contributed by atoms with Crippen molar-refractivity contribution in [3.05, 3.63) is 74.0 Å². The van der Waals surface area contributed by atoms with E-state index in [2.05, 4.69) is 5.10 Å². The molecule has 0 amide bonds. The molecular formula is C19H13Cl2N3O2S. The molecule has 1 aromatic heterocycles. The third kappa shape index (κ3) is 3.96. The van der Waals surface area contributed by atoms with Crippen molar-refractivity contribution in [3.8, 4) is 17.5 Å². The Hall–Kier alpha value is -2.46. The lowest BCUT2D eigenvalue weighted by atomic mass is 10.2. The van der Waals surface area contributed by atoms with Crippen LogP contribution in [0.25, 0.3) is 5.69 Å². The van der Waals surface area contributed by atoms with Gasteiger partial charge in [-0.1, -0.05) is 41.0 Å². The molecule has 0 aliphatic heterocycles. The second-order valence-corrected chi connectivity index (χ2v) is 7.39. The number of ether oxygens (including phenoxy) is 1. The maximum absolute atomic E-state index is 12.7. The second-order valence-electron chi connectivity index (χ2n) is 5.51. The van der Waals surface area contributed by atoms with E-state index in [1.54, 1.807) is 49.4 Å². The fraction of sp³-hybridized carbons (Fsp3) is 0.105. The van der Waals surface area contributed by atoms with Crippen molar-refractivity contribution in [2.45, 2.75) is 16.8 Å². The zero-order chi connectivity index (χ0) is 19.6. The van der Waals surface area contributed by atoms with Crippen molar-refractivity contribution in [1.82, 2.24) is 9.78 Å². The number of aromatic nitrogens is 2. The Bertz CT molecular complexity index is 1120. The highest BCUT2D eigenvalue weighted by Gasteiger charge is 2.17. The molecule has 1 heterocycles. The number of hydrogen-bond acceptors (Lipinski definition) is 5. The summed E-state index contributed by atoms with van der Waals surface area (Å²) in [7, 11) is 1.54. The number of hydrogen-bond donors (Lipinski definition) is 0. The highest BCUT2D eigenvalue weighted by atomic mass is 35.5. The molecule has 0 unspecified atom stereocenters. The summed E-state index contributed by atoms with van der Waals surface area (Å²) in [4.78, 5) is 13.5. The maximum atomic E-state index is 12.7. The van der Waals surface area contributed by atoms with Gasteiger partial charge in [-0.3, -0.25) is 4.79 Å². The average Bonchev–Trinajstić information content (AvgIpc) is 2.67. The van der Waals surface area contributed by atoms with E-state index in [0.29, 0.717) is 32.1 Å². The summed E-state index contributed by atoms with van der Waals surface area (Å²) < 4.78 is 6.41.